The summed E-state index contributed by atoms with van der Waals surface area (Å²) < 4.78 is 0. The van der Waals surface area contributed by atoms with E-state index in [1.54, 1.807) is 0 Å². The maximum atomic E-state index is 5.28. The van der Waals surface area contributed by atoms with Crippen LogP contribution in [-0.2, 0) is 37.5 Å². The summed E-state index contributed by atoms with van der Waals surface area (Å²) in [4.78, 5) is 10.5. The summed E-state index contributed by atoms with van der Waals surface area (Å²) >= 11 is 3.76. The van der Waals surface area contributed by atoms with E-state index >= 15 is 0 Å². The Hall–Kier alpha value is -1.74. The standard InChI is InChI=1S/C42H60N2.BrH.ClH.Ni/c1-8-13-16-17-18-20-27-36-29-38(28-35(32(36)6)23-14-9-2)44-42(12-5)33(7)43-39-30-37(24-15-10-3)40(11-4)41(31-39)34-25-21-19-22-26-34;;;/h19,21-22,25-26,28-31H,8-18,20,23-24,27H2,1-7H3;2*1H;/q;;;+2/p-2. The Balaban J connectivity index is 0.00000246. The summed E-state index contributed by atoms with van der Waals surface area (Å²) in [6.45, 7) is 15.8. The van der Waals surface area contributed by atoms with Gasteiger partial charge in [-0.3, -0.25) is 9.98 Å². The number of hydrogen-bond donors (Lipinski definition) is 0. The van der Waals surface area contributed by atoms with Gasteiger partial charge in [0.2, 0.25) is 0 Å². The first-order valence-corrected chi connectivity index (χ1v) is 22.0. The van der Waals surface area contributed by atoms with Crippen molar-refractivity contribution in [2.75, 3.05) is 0 Å². The second-order valence-electron chi connectivity index (χ2n) is 12.6. The van der Waals surface area contributed by atoms with E-state index in [9.17, 15) is 0 Å². The van der Waals surface area contributed by atoms with Gasteiger partial charge in [0, 0.05) is 0 Å². The van der Waals surface area contributed by atoms with Crippen molar-refractivity contribution in [1.82, 2.24) is 0 Å². The Morgan fingerprint density at radius 2 is 1.19 bits per heavy atom. The Morgan fingerprint density at radius 1 is 0.681 bits per heavy atom. The molecule has 0 spiro atoms. The number of rotatable bonds is 19. The molecule has 0 bridgehead atoms. The molecule has 0 aromatic heterocycles. The van der Waals surface area contributed by atoms with Gasteiger partial charge in [-0.1, -0.05) is 110 Å². The van der Waals surface area contributed by atoms with Crippen LogP contribution in [0, 0.1) is 6.92 Å². The van der Waals surface area contributed by atoms with Crippen LogP contribution in [0.1, 0.15) is 140 Å². The SMILES string of the molecule is CCCCCCCCc1cc(N=C(CC)C(C)=Nc2cc(CCCC)c(CC)c(-c3ccccc3)c2)cc(CCCC)c1C.[Cl][Ni][Br]. The van der Waals surface area contributed by atoms with Crippen LogP contribution in [0.5, 0.6) is 0 Å². The van der Waals surface area contributed by atoms with Crippen molar-refractivity contribution in [3.63, 3.8) is 0 Å². The van der Waals surface area contributed by atoms with Gasteiger partial charge in [0.25, 0.3) is 0 Å². The van der Waals surface area contributed by atoms with Gasteiger partial charge in [0.1, 0.15) is 0 Å². The van der Waals surface area contributed by atoms with Crippen LogP contribution in [0.3, 0.4) is 0 Å². The monoisotopic (exact) mass is 764 g/mol. The molecule has 0 amide bonds. The molecule has 0 saturated carbocycles. The van der Waals surface area contributed by atoms with Crippen molar-refractivity contribution in [1.29, 1.82) is 0 Å². The third kappa shape index (κ3) is 14.3. The molecule has 3 rings (SSSR count). The molecule has 47 heavy (non-hydrogen) atoms. The fourth-order valence-electron chi connectivity index (χ4n) is 6.36. The minimum absolute atomic E-state index is 0.863. The average Bonchev–Trinajstić information content (AvgIpc) is 3.08. The molecule has 0 unspecified atom stereocenters. The number of nitrogens with zero attached hydrogens (tertiary/aromatic N) is 2. The van der Waals surface area contributed by atoms with Crippen LogP contribution in [0.2, 0.25) is 0 Å². The first-order chi connectivity index (χ1) is 22.9. The van der Waals surface area contributed by atoms with Gasteiger partial charge in [-0.05, 0) is 128 Å². The topological polar surface area (TPSA) is 24.7 Å². The normalized spacial score (nSPS) is 11.9. The Bertz CT molecular complexity index is 1380. The fraction of sp³-hybridized carbons (Fsp3) is 0.524. The number of aryl methyl sites for hydroxylation is 3. The molecule has 0 heterocycles. The van der Waals surface area contributed by atoms with Crippen molar-refractivity contribution >= 4 is 47.2 Å². The zero-order chi connectivity index (χ0) is 34.4. The minimum atomic E-state index is 0.863. The van der Waals surface area contributed by atoms with Crippen molar-refractivity contribution in [2.24, 2.45) is 9.98 Å². The van der Waals surface area contributed by atoms with Crippen LogP contribution < -0.4 is 0 Å². The number of unbranched alkanes of at least 4 members (excludes halogenated alkanes) is 7. The second kappa shape index (κ2) is 24.4. The molecule has 0 aliphatic rings. The van der Waals surface area contributed by atoms with E-state index in [1.165, 1.54) is 103 Å². The van der Waals surface area contributed by atoms with E-state index in [1.807, 2.05) is 0 Å². The summed E-state index contributed by atoms with van der Waals surface area (Å²) in [6.07, 6.45) is 18.1. The zero-order valence-corrected chi connectivity index (χ0v) is 33.6. The summed E-state index contributed by atoms with van der Waals surface area (Å²) in [5.74, 6) is 0. The van der Waals surface area contributed by atoms with Gasteiger partial charge >= 0.3 is 36.2 Å². The maximum absolute atomic E-state index is 5.28. The molecule has 0 atom stereocenters. The fourth-order valence-corrected chi connectivity index (χ4v) is 6.36. The third-order valence-corrected chi connectivity index (χ3v) is 9.09. The molecule has 0 saturated heterocycles. The van der Waals surface area contributed by atoms with E-state index < -0.39 is 0 Å². The van der Waals surface area contributed by atoms with Gasteiger partial charge in [0.15, 0.2) is 0 Å². The first kappa shape index (κ1) is 41.4. The molecule has 5 heteroatoms. The van der Waals surface area contributed by atoms with E-state index in [2.05, 4.69) is 117 Å². The molecule has 262 valence electrons. The van der Waals surface area contributed by atoms with Crippen molar-refractivity contribution in [3.05, 3.63) is 82.4 Å². The Morgan fingerprint density at radius 3 is 1.77 bits per heavy atom. The number of benzene rings is 3. The third-order valence-electron chi connectivity index (χ3n) is 9.09. The van der Waals surface area contributed by atoms with E-state index in [0.717, 1.165) is 66.7 Å². The molecular weight excluding hydrogens is 707 g/mol. The van der Waals surface area contributed by atoms with Gasteiger partial charge in [-0.15, -0.1) is 0 Å². The zero-order valence-electron chi connectivity index (χ0n) is 30.3. The van der Waals surface area contributed by atoms with Crippen LogP contribution in [-0.4, -0.2) is 11.4 Å². The van der Waals surface area contributed by atoms with Crippen LogP contribution in [0.25, 0.3) is 11.1 Å². The van der Waals surface area contributed by atoms with Crippen LogP contribution in [0.15, 0.2) is 64.6 Å². The van der Waals surface area contributed by atoms with E-state index in [-0.39, 0.29) is 0 Å². The van der Waals surface area contributed by atoms with Gasteiger partial charge in [-0.25, -0.2) is 0 Å². The number of halogens is 2. The number of hydrogen-bond acceptors (Lipinski definition) is 2. The van der Waals surface area contributed by atoms with E-state index in [0.29, 0.717) is 0 Å². The summed E-state index contributed by atoms with van der Waals surface area (Å²) in [5.41, 5.74) is 14.2. The predicted octanol–water partition coefficient (Wildman–Crippen LogP) is 14.6. The summed E-state index contributed by atoms with van der Waals surface area (Å²) in [7, 11) is 4.85. The second-order valence-corrected chi connectivity index (χ2v) is 15.5. The predicted molar refractivity (Wildman–Crippen MR) is 212 cm³/mol. The number of aliphatic imine (C=N–C) groups is 2. The van der Waals surface area contributed by atoms with Crippen molar-refractivity contribution in [3.8, 4) is 11.1 Å². The average molecular weight is 767 g/mol. The Labute approximate surface area is 305 Å². The summed E-state index contributed by atoms with van der Waals surface area (Å²) in [5, 5.41) is 0. The van der Waals surface area contributed by atoms with Crippen LogP contribution in [0.4, 0.5) is 11.4 Å². The molecule has 3 aromatic rings. The molecule has 2 nitrogen and oxygen atoms in total. The molecular formula is C42H60BrClN2Ni. The molecule has 0 N–H and O–H groups in total. The molecule has 0 aliphatic carbocycles. The van der Waals surface area contributed by atoms with Gasteiger partial charge in [-0.2, -0.15) is 0 Å². The first-order valence-electron chi connectivity index (χ1n) is 18.2. The van der Waals surface area contributed by atoms with Crippen LogP contribution >= 0.6 is 24.4 Å². The molecule has 0 aliphatic heterocycles. The Kier molecular flexibility index (Phi) is 21.5. The summed E-state index contributed by atoms with van der Waals surface area (Å²) in [6, 6.07) is 20.2. The molecule has 0 fully saturated rings. The van der Waals surface area contributed by atoms with Crippen molar-refractivity contribution in [2.45, 2.75) is 145 Å². The van der Waals surface area contributed by atoms with E-state index in [4.69, 9.17) is 20.2 Å². The van der Waals surface area contributed by atoms with Gasteiger partial charge in [0.05, 0.1) is 22.8 Å². The van der Waals surface area contributed by atoms with Gasteiger partial charge < -0.3 is 0 Å². The molecule has 0 radical (unpaired) electrons. The molecule has 3 aromatic carbocycles. The quantitative estimate of drug-likeness (QED) is 0.0659. The van der Waals surface area contributed by atoms with Crippen molar-refractivity contribution < 1.29 is 11.8 Å².